The van der Waals surface area contributed by atoms with Gasteiger partial charge >= 0.3 is 7.82 Å². The van der Waals surface area contributed by atoms with Gasteiger partial charge in [-0.15, -0.1) is 13.1 Å². The molecule has 0 rings (SSSR count). The van der Waals surface area contributed by atoms with Gasteiger partial charge < -0.3 is 14.7 Å². The van der Waals surface area contributed by atoms with Gasteiger partial charge in [-0.05, 0) is 70.7 Å². The van der Waals surface area contributed by atoms with E-state index in [0.717, 1.165) is 0 Å². The first-order chi connectivity index (χ1) is 6.24. The van der Waals surface area contributed by atoms with Gasteiger partial charge in [-0.3, -0.25) is 0 Å². The second-order valence-corrected chi connectivity index (χ2v) is 3.47. The molecular formula is H6Cl6N3O4P. The summed E-state index contributed by atoms with van der Waals surface area (Å²) in [5.74, 6) is 0. The highest BCUT2D eigenvalue weighted by molar-refractivity contribution is 7.45. The Morgan fingerprint density at radius 1 is 0.714 bits per heavy atom. The van der Waals surface area contributed by atoms with Crippen LogP contribution in [0.1, 0.15) is 0 Å². The van der Waals surface area contributed by atoms with E-state index in [-0.39, 0.29) is 0 Å². The number of hydrogen-bond donors (Lipinski definition) is 6. The fourth-order valence-electron chi connectivity index (χ4n) is 0. The maximum Gasteiger partial charge on any atom is 0.466 e. The first kappa shape index (κ1) is 24.8. The van der Waals surface area contributed by atoms with Crippen LogP contribution in [0.4, 0.5) is 0 Å². The maximum atomic E-state index is 8.88. The summed E-state index contributed by atoms with van der Waals surface area (Å²) in [5.41, 5.74) is 0. The molecule has 0 aliphatic carbocycles. The lowest BCUT2D eigenvalue weighted by Gasteiger charge is -1.82. The number of phosphoric acid groups is 1. The molecule has 0 amide bonds. The molecule has 7 nitrogen and oxygen atoms in total. The highest BCUT2D eigenvalue weighted by atomic mass is 35.6. The summed E-state index contributed by atoms with van der Waals surface area (Å²) in [4.78, 5) is 21.6. The van der Waals surface area contributed by atoms with E-state index in [1.807, 2.05) is 0 Å². The van der Waals surface area contributed by atoms with Crippen LogP contribution in [0.2, 0.25) is 0 Å². The fourth-order valence-corrected chi connectivity index (χ4v) is 0. The van der Waals surface area contributed by atoms with Crippen molar-refractivity contribution in [3.63, 3.8) is 0 Å². The third-order valence-electron chi connectivity index (χ3n) is 0. The van der Waals surface area contributed by atoms with Crippen molar-refractivity contribution in [2.75, 3.05) is 0 Å². The van der Waals surface area contributed by atoms with Crippen molar-refractivity contribution >= 4 is 78.5 Å². The standard InChI is InChI=1S/3Cl2HN.H3O4P/c3*1-3-2;1-5(2,3)4/h3*3H;(H3,1,2,3,4). The Morgan fingerprint density at radius 3 is 0.714 bits per heavy atom. The van der Waals surface area contributed by atoms with Gasteiger partial charge in [0.15, 0.2) is 0 Å². The molecule has 0 aromatic heterocycles. The van der Waals surface area contributed by atoms with E-state index in [1.54, 1.807) is 13.1 Å². The van der Waals surface area contributed by atoms with Gasteiger partial charge in [-0.1, -0.05) is 0 Å². The zero-order valence-corrected chi connectivity index (χ0v) is 11.4. The quantitative estimate of drug-likeness (QED) is 0.290. The van der Waals surface area contributed by atoms with Gasteiger partial charge in [0.25, 0.3) is 0 Å². The van der Waals surface area contributed by atoms with Crippen LogP contribution in [0.5, 0.6) is 0 Å². The Morgan fingerprint density at radius 2 is 0.714 bits per heavy atom. The lowest BCUT2D eigenvalue weighted by molar-refractivity contribution is 0.275. The van der Waals surface area contributed by atoms with Crippen molar-refractivity contribution < 1.29 is 19.2 Å². The summed E-state index contributed by atoms with van der Waals surface area (Å²) in [6, 6.07) is 0. The largest absolute Gasteiger partial charge is 0.466 e. The van der Waals surface area contributed by atoms with Crippen molar-refractivity contribution in [1.29, 1.82) is 0 Å². The maximum absolute atomic E-state index is 8.88. The SMILES string of the molecule is ClNCl.ClNCl.ClNCl.O=P(O)(O)O. The molecule has 0 aliphatic rings. The molecule has 0 saturated carbocycles. The molecule has 0 atom stereocenters. The molecule has 0 unspecified atom stereocenters. The minimum absolute atomic E-state index is 1.69. The van der Waals surface area contributed by atoms with Crippen LogP contribution >= 0.6 is 78.5 Å². The number of nitrogens with one attached hydrogen (secondary N) is 3. The predicted molar refractivity (Wildman–Crippen MR) is 58.8 cm³/mol. The Kier molecular flexibility index (Phi) is 42.7. The molecule has 0 heterocycles. The Balaban J connectivity index is -0.0000000495. The lowest BCUT2D eigenvalue weighted by atomic mass is 13.9. The molecule has 0 saturated heterocycles. The van der Waals surface area contributed by atoms with Crippen molar-refractivity contribution in [3.05, 3.63) is 0 Å². The molecule has 0 aromatic rings. The normalized spacial score (nSPS) is 8.07. The minimum Gasteiger partial charge on any atom is -0.303 e. The number of halogens is 6. The Labute approximate surface area is 110 Å². The van der Waals surface area contributed by atoms with Gasteiger partial charge in [0, 0.05) is 0 Å². The Hall–Kier alpha value is 1.73. The van der Waals surface area contributed by atoms with Crippen molar-refractivity contribution in [1.82, 2.24) is 13.1 Å². The summed E-state index contributed by atoms with van der Waals surface area (Å²) in [6.45, 7) is 0. The van der Waals surface area contributed by atoms with Gasteiger partial charge in [0.1, 0.15) is 0 Å². The van der Waals surface area contributed by atoms with Crippen LogP contribution < -0.4 is 13.1 Å². The second-order valence-electron chi connectivity index (χ2n) is 0.728. The highest BCUT2D eigenvalue weighted by Crippen LogP contribution is 2.25. The average Bonchev–Trinajstić information content (AvgIpc) is 1.86. The molecule has 14 heteroatoms. The smallest absolute Gasteiger partial charge is 0.303 e. The summed E-state index contributed by atoms with van der Waals surface area (Å²) in [5, 5.41) is 0. The summed E-state index contributed by atoms with van der Waals surface area (Å²) in [7, 11) is -4.64. The highest BCUT2D eigenvalue weighted by Gasteiger charge is 2.00. The van der Waals surface area contributed by atoms with E-state index >= 15 is 0 Å². The van der Waals surface area contributed by atoms with Gasteiger partial charge in [-0.2, -0.15) is 0 Å². The fraction of sp³-hybridized carbons (Fsp3) is 0. The van der Waals surface area contributed by atoms with Crippen LogP contribution in [0, 0.1) is 0 Å². The van der Waals surface area contributed by atoms with Crippen LogP contribution in [0.15, 0.2) is 0 Å². The average molecular weight is 356 g/mol. The van der Waals surface area contributed by atoms with Gasteiger partial charge in [0.05, 0.1) is 0 Å². The first-order valence-electron chi connectivity index (χ1n) is 1.92. The van der Waals surface area contributed by atoms with E-state index in [1.165, 1.54) is 0 Å². The third-order valence-corrected chi connectivity index (χ3v) is 0. The summed E-state index contributed by atoms with van der Waals surface area (Å²) in [6.07, 6.45) is 0. The number of hydrogen-bond acceptors (Lipinski definition) is 4. The van der Waals surface area contributed by atoms with Crippen LogP contribution in [0.3, 0.4) is 0 Å². The topological polar surface area (TPSA) is 114 Å². The Bertz CT molecular complexity index is 96.2. The zero-order valence-electron chi connectivity index (χ0n) is 5.96. The van der Waals surface area contributed by atoms with E-state index in [0.29, 0.717) is 0 Å². The van der Waals surface area contributed by atoms with Crippen LogP contribution in [0.25, 0.3) is 0 Å². The van der Waals surface area contributed by atoms with E-state index in [4.69, 9.17) is 19.2 Å². The molecule has 0 aliphatic heterocycles. The molecule has 0 radical (unpaired) electrons. The van der Waals surface area contributed by atoms with Crippen LogP contribution in [-0.2, 0) is 4.57 Å². The van der Waals surface area contributed by atoms with E-state index in [9.17, 15) is 0 Å². The molecule has 92 valence electrons. The second kappa shape index (κ2) is 24.1. The summed E-state index contributed by atoms with van der Waals surface area (Å²) >= 11 is 27.1. The van der Waals surface area contributed by atoms with Crippen molar-refractivity contribution in [3.8, 4) is 0 Å². The number of rotatable bonds is 0. The van der Waals surface area contributed by atoms with Gasteiger partial charge in [-0.25, -0.2) is 4.57 Å². The molecule has 14 heavy (non-hydrogen) atoms. The molecule has 0 spiro atoms. The molecule has 0 fully saturated rings. The summed E-state index contributed by atoms with van der Waals surface area (Å²) < 4.78 is 14.0. The zero-order chi connectivity index (χ0) is 12.6. The molecule has 0 bridgehead atoms. The minimum atomic E-state index is -4.64. The molecule has 6 N–H and O–H groups in total. The lowest BCUT2D eigenvalue weighted by Crippen LogP contribution is -1.66. The monoisotopic (exact) mass is 353 g/mol. The van der Waals surface area contributed by atoms with Crippen molar-refractivity contribution in [2.45, 2.75) is 0 Å². The predicted octanol–water partition coefficient (Wildman–Crippen LogP) is 1.72. The van der Waals surface area contributed by atoms with Crippen molar-refractivity contribution in [2.24, 2.45) is 0 Å². The van der Waals surface area contributed by atoms with Crippen LogP contribution in [-0.4, -0.2) is 14.7 Å². The molecular weight excluding hydrogens is 350 g/mol. The van der Waals surface area contributed by atoms with E-state index in [2.05, 4.69) is 70.7 Å². The third kappa shape index (κ3) is 743. The van der Waals surface area contributed by atoms with Gasteiger partial charge in [0.2, 0.25) is 0 Å². The molecule has 0 aromatic carbocycles. The first-order valence-corrected chi connectivity index (χ1v) is 5.75. The van der Waals surface area contributed by atoms with E-state index < -0.39 is 7.82 Å².